The highest BCUT2D eigenvalue weighted by Gasteiger charge is 2.19. The van der Waals surface area contributed by atoms with E-state index in [2.05, 4.69) is 4.98 Å². The number of non-ortho nitro benzene ring substituents is 1. The maximum absolute atomic E-state index is 12.2. The van der Waals surface area contributed by atoms with Crippen molar-refractivity contribution in [3.63, 3.8) is 0 Å². The lowest BCUT2D eigenvalue weighted by atomic mass is 10.3. The van der Waals surface area contributed by atoms with Gasteiger partial charge in [0.2, 0.25) is 0 Å². The Kier molecular flexibility index (Phi) is 4.54. The van der Waals surface area contributed by atoms with E-state index in [1.54, 1.807) is 5.38 Å². The van der Waals surface area contributed by atoms with Crippen LogP contribution in [-0.2, 0) is 0 Å². The highest BCUT2D eigenvalue weighted by molar-refractivity contribution is 7.20. The summed E-state index contributed by atoms with van der Waals surface area (Å²) in [6.07, 6.45) is 0. The van der Waals surface area contributed by atoms with E-state index in [0.717, 1.165) is 10.9 Å². The Morgan fingerprint density at radius 2 is 2.08 bits per heavy atom. The van der Waals surface area contributed by atoms with Crippen molar-refractivity contribution in [1.29, 1.82) is 0 Å². The molecule has 2 heterocycles. The first-order valence-corrected chi connectivity index (χ1v) is 8.38. The fraction of sp³-hybridized carbons (Fsp3) is 0.0667. The van der Waals surface area contributed by atoms with E-state index < -0.39 is 10.9 Å². The molecule has 0 spiro atoms. The van der Waals surface area contributed by atoms with Gasteiger partial charge in [-0.15, -0.1) is 22.7 Å². The molecule has 0 bridgehead atoms. The highest BCUT2D eigenvalue weighted by Crippen LogP contribution is 2.32. The SMILES string of the molecule is COc1ccc([N+](=O)[O-])cc1OC(=O)c1csc(-c2cccs2)n1. The Morgan fingerprint density at radius 3 is 2.75 bits per heavy atom. The fourth-order valence-electron chi connectivity index (χ4n) is 1.89. The first-order valence-electron chi connectivity index (χ1n) is 6.62. The van der Waals surface area contributed by atoms with Gasteiger partial charge in [0, 0.05) is 11.4 Å². The van der Waals surface area contributed by atoms with Gasteiger partial charge < -0.3 is 9.47 Å². The molecule has 0 amide bonds. The summed E-state index contributed by atoms with van der Waals surface area (Å²) < 4.78 is 10.3. The minimum atomic E-state index is -0.701. The van der Waals surface area contributed by atoms with Crippen LogP contribution in [0.25, 0.3) is 9.88 Å². The number of aromatic nitrogens is 1. The van der Waals surface area contributed by atoms with Crippen LogP contribution in [-0.4, -0.2) is 23.0 Å². The summed E-state index contributed by atoms with van der Waals surface area (Å²) in [6, 6.07) is 7.59. The van der Waals surface area contributed by atoms with Gasteiger partial charge in [0.25, 0.3) is 5.69 Å². The Morgan fingerprint density at radius 1 is 1.25 bits per heavy atom. The maximum atomic E-state index is 12.2. The van der Waals surface area contributed by atoms with Gasteiger partial charge in [-0.3, -0.25) is 10.1 Å². The zero-order valence-corrected chi connectivity index (χ0v) is 13.9. The van der Waals surface area contributed by atoms with Crippen molar-refractivity contribution >= 4 is 34.3 Å². The van der Waals surface area contributed by atoms with E-state index in [0.29, 0.717) is 5.01 Å². The second-order valence-electron chi connectivity index (χ2n) is 4.50. The average molecular weight is 362 g/mol. The third-order valence-electron chi connectivity index (χ3n) is 3.01. The summed E-state index contributed by atoms with van der Waals surface area (Å²) in [4.78, 5) is 27.7. The van der Waals surface area contributed by atoms with E-state index in [4.69, 9.17) is 9.47 Å². The molecule has 2 aromatic heterocycles. The molecular formula is C15H10N2O5S2. The molecule has 122 valence electrons. The number of nitro benzene ring substituents is 1. The van der Waals surface area contributed by atoms with Crippen molar-refractivity contribution in [3.8, 4) is 21.4 Å². The molecule has 0 fully saturated rings. The summed E-state index contributed by atoms with van der Waals surface area (Å²) in [6.45, 7) is 0. The smallest absolute Gasteiger partial charge is 0.363 e. The van der Waals surface area contributed by atoms with Gasteiger partial charge in [-0.2, -0.15) is 0 Å². The number of benzene rings is 1. The standard InChI is InChI=1S/C15H10N2O5S2/c1-21-11-5-4-9(17(19)20)7-12(11)22-15(18)10-8-24-14(16-10)13-3-2-6-23-13/h2-8H,1H3. The predicted molar refractivity (Wildman–Crippen MR) is 90.0 cm³/mol. The molecule has 0 saturated carbocycles. The molecule has 0 N–H and O–H groups in total. The molecule has 0 atom stereocenters. The minimum absolute atomic E-state index is 0.0256. The Labute approximate surface area is 144 Å². The molecule has 1 aromatic carbocycles. The number of nitrogens with zero attached hydrogens (tertiary/aromatic N) is 2. The van der Waals surface area contributed by atoms with Gasteiger partial charge in [-0.25, -0.2) is 9.78 Å². The normalized spacial score (nSPS) is 10.4. The van der Waals surface area contributed by atoms with Crippen LogP contribution in [0.4, 0.5) is 5.69 Å². The van der Waals surface area contributed by atoms with Crippen LogP contribution in [0.5, 0.6) is 11.5 Å². The van der Waals surface area contributed by atoms with E-state index in [1.807, 2.05) is 17.5 Å². The summed E-state index contributed by atoms with van der Waals surface area (Å²) in [5, 5.41) is 15.1. The molecule has 0 saturated heterocycles. The molecule has 3 aromatic rings. The van der Waals surface area contributed by atoms with Crippen molar-refractivity contribution in [2.45, 2.75) is 0 Å². The number of ether oxygens (including phenoxy) is 2. The first kappa shape index (κ1) is 16.1. The number of methoxy groups -OCH3 is 1. The number of carbonyl (C=O) groups is 1. The number of thiophene rings is 1. The lowest BCUT2D eigenvalue weighted by Gasteiger charge is -2.07. The van der Waals surface area contributed by atoms with E-state index in [-0.39, 0.29) is 22.9 Å². The summed E-state index contributed by atoms with van der Waals surface area (Å²) in [5.74, 6) is -0.502. The zero-order chi connectivity index (χ0) is 17.1. The molecule has 3 rings (SSSR count). The van der Waals surface area contributed by atoms with Crippen molar-refractivity contribution in [3.05, 3.63) is 56.9 Å². The predicted octanol–water partition coefficient (Wildman–Crippen LogP) is 4.01. The molecule has 0 aliphatic heterocycles. The van der Waals surface area contributed by atoms with Gasteiger partial charge in [-0.05, 0) is 17.5 Å². The van der Waals surface area contributed by atoms with E-state index in [9.17, 15) is 14.9 Å². The quantitative estimate of drug-likeness (QED) is 0.295. The van der Waals surface area contributed by atoms with Gasteiger partial charge in [-0.1, -0.05) is 6.07 Å². The van der Waals surface area contributed by atoms with Crippen molar-refractivity contribution in [2.24, 2.45) is 0 Å². The van der Waals surface area contributed by atoms with Crippen LogP contribution in [0.15, 0.2) is 41.1 Å². The largest absolute Gasteiger partial charge is 0.493 e. The van der Waals surface area contributed by atoms with Crippen LogP contribution in [0, 0.1) is 10.1 Å². The number of nitro groups is 1. The number of hydrogen-bond donors (Lipinski definition) is 0. The maximum Gasteiger partial charge on any atom is 0.363 e. The second kappa shape index (κ2) is 6.77. The molecule has 9 heteroatoms. The Bertz CT molecular complexity index is 889. The van der Waals surface area contributed by atoms with E-state index in [1.165, 1.54) is 41.9 Å². The lowest BCUT2D eigenvalue weighted by Crippen LogP contribution is -2.10. The number of hydrogen-bond acceptors (Lipinski definition) is 8. The monoisotopic (exact) mass is 362 g/mol. The van der Waals surface area contributed by atoms with Crippen LogP contribution < -0.4 is 9.47 Å². The van der Waals surface area contributed by atoms with Crippen LogP contribution in [0.2, 0.25) is 0 Å². The zero-order valence-electron chi connectivity index (χ0n) is 12.3. The number of thiazole rings is 1. The first-order chi connectivity index (χ1) is 11.6. The molecule has 7 nitrogen and oxygen atoms in total. The minimum Gasteiger partial charge on any atom is -0.493 e. The van der Waals surface area contributed by atoms with Crippen LogP contribution >= 0.6 is 22.7 Å². The third-order valence-corrected chi connectivity index (χ3v) is 4.89. The molecular weight excluding hydrogens is 352 g/mol. The Hall–Kier alpha value is -2.78. The molecule has 0 aliphatic carbocycles. The number of carbonyl (C=O) groups excluding carboxylic acids is 1. The van der Waals surface area contributed by atoms with E-state index >= 15 is 0 Å². The fourth-order valence-corrected chi connectivity index (χ4v) is 3.50. The summed E-state index contributed by atoms with van der Waals surface area (Å²) >= 11 is 2.84. The van der Waals surface area contributed by atoms with Gasteiger partial charge in [0.05, 0.1) is 23.0 Å². The second-order valence-corrected chi connectivity index (χ2v) is 6.30. The Balaban J connectivity index is 1.84. The van der Waals surface area contributed by atoms with Crippen LogP contribution in [0.1, 0.15) is 10.5 Å². The van der Waals surface area contributed by atoms with Gasteiger partial charge >= 0.3 is 5.97 Å². The molecule has 0 radical (unpaired) electrons. The molecule has 0 unspecified atom stereocenters. The third kappa shape index (κ3) is 3.26. The van der Waals surface area contributed by atoms with Crippen molar-refractivity contribution < 1.29 is 19.2 Å². The number of esters is 1. The van der Waals surface area contributed by atoms with Gasteiger partial charge in [0.15, 0.2) is 17.2 Å². The summed E-state index contributed by atoms with van der Waals surface area (Å²) in [7, 11) is 1.39. The average Bonchev–Trinajstić information content (AvgIpc) is 3.25. The van der Waals surface area contributed by atoms with Gasteiger partial charge in [0.1, 0.15) is 5.01 Å². The topological polar surface area (TPSA) is 91.6 Å². The lowest BCUT2D eigenvalue weighted by molar-refractivity contribution is -0.384. The van der Waals surface area contributed by atoms with Crippen molar-refractivity contribution in [1.82, 2.24) is 4.98 Å². The van der Waals surface area contributed by atoms with Crippen molar-refractivity contribution in [2.75, 3.05) is 7.11 Å². The highest BCUT2D eigenvalue weighted by atomic mass is 32.1. The van der Waals surface area contributed by atoms with Crippen LogP contribution in [0.3, 0.4) is 0 Å². The molecule has 24 heavy (non-hydrogen) atoms. The summed E-state index contributed by atoms with van der Waals surface area (Å²) in [5.41, 5.74) is -0.0619. The molecule has 0 aliphatic rings. The number of rotatable bonds is 5.